The van der Waals surface area contributed by atoms with E-state index in [2.05, 4.69) is 24.3 Å². The number of nitrogens with one attached hydrogen (secondary N) is 1. The molecule has 1 aromatic heterocycles. The fraction of sp³-hybridized carbons (Fsp3) is 0.375. The topological polar surface area (TPSA) is 72.9 Å². The minimum atomic E-state index is -0.211. The number of aromatic nitrogens is 2. The van der Waals surface area contributed by atoms with Gasteiger partial charge in [-0.3, -0.25) is 4.79 Å². The van der Waals surface area contributed by atoms with Crippen LogP contribution < -0.4 is 11.1 Å². The van der Waals surface area contributed by atoms with Crippen molar-refractivity contribution in [3.05, 3.63) is 47.2 Å². The molecule has 0 aliphatic heterocycles. The van der Waals surface area contributed by atoms with Crippen LogP contribution in [0.1, 0.15) is 30.8 Å². The maximum Gasteiger partial charge on any atom is 0.272 e. The van der Waals surface area contributed by atoms with Gasteiger partial charge in [0.1, 0.15) is 0 Å². The zero-order chi connectivity index (χ0) is 16.1. The van der Waals surface area contributed by atoms with Crippen LogP contribution in [0.25, 0.3) is 5.69 Å². The number of hydrogen-bond acceptors (Lipinski definition) is 3. The van der Waals surface area contributed by atoms with Crippen LogP contribution in [0.3, 0.4) is 0 Å². The van der Waals surface area contributed by atoms with Gasteiger partial charge in [-0.2, -0.15) is 5.10 Å². The molecule has 2 aromatic rings. The number of halogens is 1. The van der Waals surface area contributed by atoms with Crippen molar-refractivity contribution in [1.29, 1.82) is 0 Å². The Morgan fingerprint density at radius 3 is 2.82 bits per heavy atom. The molecule has 1 atom stereocenters. The van der Waals surface area contributed by atoms with Crippen molar-refractivity contribution in [3.63, 3.8) is 0 Å². The summed E-state index contributed by atoms with van der Waals surface area (Å²) in [5.41, 5.74) is 6.88. The van der Waals surface area contributed by atoms with Crippen molar-refractivity contribution in [2.45, 2.75) is 26.3 Å². The third-order valence-electron chi connectivity index (χ3n) is 3.27. The van der Waals surface area contributed by atoms with E-state index in [1.54, 1.807) is 29.1 Å². The highest BCUT2D eigenvalue weighted by Crippen LogP contribution is 2.14. The number of carbonyl (C=O) groups is 1. The largest absolute Gasteiger partial charge is 0.347 e. The van der Waals surface area contributed by atoms with Crippen LogP contribution in [-0.4, -0.2) is 28.3 Å². The Hall–Kier alpha value is -1.85. The fourth-order valence-corrected chi connectivity index (χ4v) is 2.43. The summed E-state index contributed by atoms with van der Waals surface area (Å²) in [5, 5.41) is 7.84. The predicted molar refractivity (Wildman–Crippen MR) is 88.3 cm³/mol. The van der Waals surface area contributed by atoms with Gasteiger partial charge >= 0.3 is 0 Å². The van der Waals surface area contributed by atoms with E-state index in [1.165, 1.54) is 0 Å². The van der Waals surface area contributed by atoms with Crippen molar-refractivity contribution in [2.75, 3.05) is 6.54 Å². The van der Waals surface area contributed by atoms with Gasteiger partial charge in [-0.1, -0.05) is 31.5 Å². The van der Waals surface area contributed by atoms with Gasteiger partial charge in [0.25, 0.3) is 5.91 Å². The summed E-state index contributed by atoms with van der Waals surface area (Å²) in [5.74, 6) is 0.259. The van der Waals surface area contributed by atoms with E-state index in [1.807, 2.05) is 12.1 Å². The predicted octanol–water partition coefficient (Wildman–Crippen LogP) is 2.63. The highest BCUT2D eigenvalue weighted by Gasteiger charge is 2.16. The molecule has 2 rings (SSSR count). The standard InChI is InChI=1S/C16H21ClN4O/c1-11(2)8-13(10-18)19-16(22)15-6-7-21(20-15)14-5-3-4-12(17)9-14/h3-7,9,11,13H,8,10,18H2,1-2H3,(H,19,22). The normalized spacial score (nSPS) is 12.4. The first-order valence-corrected chi connectivity index (χ1v) is 7.70. The Kier molecular flexibility index (Phi) is 5.57. The van der Waals surface area contributed by atoms with Crippen LogP contribution in [0.4, 0.5) is 0 Å². The first kappa shape index (κ1) is 16.5. The molecule has 0 radical (unpaired) electrons. The highest BCUT2D eigenvalue weighted by molar-refractivity contribution is 6.30. The number of amides is 1. The van der Waals surface area contributed by atoms with Crippen molar-refractivity contribution in [1.82, 2.24) is 15.1 Å². The van der Waals surface area contributed by atoms with E-state index < -0.39 is 0 Å². The fourth-order valence-electron chi connectivity index (χ4n) is 2.25. The second-order valence-corrected chi connectivity index (χ2v) is 6.10. The molecule has 1 aromatic carbocycles. The summed E-state index contributed by atoms with van der Waals surface area (Å²) < 4.78 is 1.63. The quantitative estimate of drug-likeness (QED) is 0.859. The second kappa shape index (κ2) is 7.42. The highest BCUT2D eigenvalue weighted by atomic mass is 35.5. The number of benzene rings is 1. The van der Waals surface area contributed by atoms with Crippen LogP contribution in [0.15, 0.2) is 36.5 Å². The molecule has 0 aliphatic rings. The number of rotatable bonds is 6. The molecule has 0 aliphatic carbocycles. The molecule has 0 bridgehead atoms. The lowest BCUT2D eigenvalue weighted by Crippen LogP contribution is -2.41. The summed E-state index contributed by atoms with van der Waals surface area (Å²) >= 11 is 5.97. The van der Waals surface area contributed by atoms with Crippen LogP contribution in [0, 0.1) is 5.92 Å². The van der Waals surface area contributed by atoms with Crippen LogP contribution in [-0.2, 0) is 0 Å². The maximum atomic E-state index is 12.2. The Labute approximate surface area is 135 Å². The lowest BCUT2D eigenvalue weighted by atomic mass is 10.0. The Balaban J connectivity index is 2.09. The number of nitrogens with zero attached hydrogens (tertiary/aromatic N) is 2. The Morgan fingerprint density at radius 2 is 2.18 bits per heavy atom. The zero-order valence-electron chi connectivity index (χ0n) is 12.8. The first-order chi connectivity index (χ1) is 10.5. The number of carbonyl (C=O) groups excluding carboxylic acids is 1. The monoisotopic (exact) mass is 320 g/mol. The van der Waals surface area contributed by atoms with E-state index in [-0.39, 0.29) is 11.9 Å². The molecule has 0 fully saturated rings. The zero-order valence-corrected chi connectivity index (χ0v) is 13.5. The Bertz CT molecular complexity index is 639. The summed E-state index contributed by atoms with van der Waals surface area (Å²) in [7, 11) is 0. The molecule has 118 valence electrons. The van der Waals surface area contributed by atoms with Gasteiger partial charge < -0.3 is 11.1 Å². The van der Waals surface area contributed by atoms with Gasteiger partial charge in [0.2, 0.25) is 0 Å². The van der Waals surface area contributed by atoms with E-state index in [4.69, 9.17) is 17.3 Å². The molecule has 0 saturated carbocycles. The summed E-state index contributed by atoms with van der Waals surface area (Å²) in [6.07, 6.45) is 2.58. The van der Waals surface area contributed by atoms with Crippen molar-refractivity contribution in [3.8, 4) is 5.69 Å². The third kappa shape index (κ3) is 4.32. The molecule has 0 saturated heterocycles. The molecule has 5 nitrogen and oxygen atoms in total. The number of hydrogen-bond donors (Lipinski definition) is 2. The molecule has 1 unspecified atom stereocenters. The molecule has 1 amide bonds. The van der Waals surface area contributed by atoms with Gasteiger partial charge in [0.15, 0.2) is 5.69 Å². The maximum absolute atomic E-state index is 12.2. The average molecular weight is 321 g/mol. The van der Waals surface area contributed by atoms with Crippen molar-refractivity contribution < 1.29 is 4.79 Å². The van der Waals surface area contributed by atoms with Crippen LogP contribution >= 0.6 is 11.6 Å². The van der Waals surface area contributed by atoms with Crippen LogP contribution in [0.2, 0.25) is 5.02 Å². The molecule has 0 spiro atoms. The van der Waals surface area contributed by atoms with Gasteiger partial charge in [0.05, 0.1) is 5.69 Å². The van der Waals surface area contributed by atoms with E-state index in [0.717, 1.165) is 12.1 Å². The molecule has 3 N–H and O–H groups in total. The summed E-state index contributed by atoms with van der Waals surface area (Å²) in [6, 6.07) is 8.94. The van der Waals surface area contributed by atoms with Crippen molar-refractivity contribution in [2.24, 2.45) is 11.7 Å². The molecular weight excluding hydrogens is 300 g/mol. The van der Waals surface area contributed by atoms with Crippen LogP contribution in [0.5, 0.6) is 0 Å². The third-order valence-corrected chi connectivity index (χ3v) is 3.51. The smallest absolute Gasteiger partial charge is 0.272 e. The van der Waals surface area contributed by atoms with E-state index in [0.29, 0.717) is 23.2 Å². The van der Waals surface area contributed by atoms with Crippen molar-refractivity contribution >= 4 is 17.5 Å². The van der Waals surface area contributed by atoms with Gasteiger partial charge in [0, 0.05) is 23.8 Å². The van der Waals surface area contributed by atoms with Gasteiger partial charge in [-0.05, 0) is 36.6 Å². The van der Waals surface area contributed by atoms with Gasteiger partial charge in [-0.25, -0.2) is 4.68 Å². The minimum Gasteiger partial charge on any atom is -0.347 e. The lowest BCUT2D eigenvalue weighted by Gasteiger charge is -2.18. The Morgan fingerprint density at radius 1 is 1.41 bits per heavy atom. The van der Waals surface area contributed by atoms with Gasteiger partial charge in [-0.15, -0.1) is 0 Å². The lowest BCUT2D eigenvalue weighted by molar-refractivity contribution is 0.0928. The minimum absolute atomic E-state index is 0.0381. The molecule has 22 heavy (non-hydrogen) atoms. The first-order valence-electron chi connectivity index (χ1n) is 7.32. The molecule has 1 heterocycles. The summed E-state index contributed by atoms with van der Waals surface area (Å²) in [4.78, 5) is 12.2. The SMILES string of the molecule is CC(C)CC(CN)NC(=O)c1ccn(-c2cccc(Cl)c2)n1. The summed E-state index contributed by atoms with van der Waals surface area (Å²) in [6.45, 7) is 4.62. The average Bonchev–Trinajstić information content (AvgIpc) is 2.96. The van der Waals surface area contributed by atoms with E-state index in [9.17, 15) is 4.79 Å². The van der Waals surface area contributed by atoms with E-state index >= 15 is 0 Å². The molecular formula is C16H21ClN4O. The number of nitrogens with two attached hydrogens (primary N) is 1. The second-order valence-electron chi connectivity index (χ2n) is 5.66. The molecule has 6 heteroatoms.